The fourth-order valence-corrected chi connectivity index (χ4v) is 1.94. The molecule has 1 unspecified atom stereocenters. The van der Waals surface area contributed by atoms with Crippen LogP contribution >= 0.6 is 11.8 Å². The molecule has 78 valence electrons. The lowest BCUT2D eigenvalue weighted by Crippen LogP contribution is -2.30. The SMILES string of the molecule is Cc1occc1SCCC(N)C(=O)O. The van der Waals surface area contributed by atoms with Crippen molar-refractivity contribution in [2.75, 3.05) is 5.75 Å². The number of hydrogen-bond acceptors (Lipinski definition) is 4. The Morgan fingerprint density at radius 3 is 3.00 bits per heavy atom. The van der Waals surface area contributed by atoms with Crippen molar-refractivity contribution in [1.29, 1.82) is 0 Å². The summed E-state index contributed by atoms with van der Waals surface area (Å²) in [7, 11) is 0. The van der Waals surface area contributed by atoms with E-state index in [1.165, 1.54) is 0 Å². The van der Waals surface area contributed by atoms with Gasteiger partial charge in [0.25, 0.3) is 0 Å². The summed E-state index contributed by atoms with van der Waals surface area (Å²) in [5.74, 6) is 0.599. The fraction of sp³-hybridized carbons (Fsp3) is 0.444. The molecule has 0 aliphatic carbocycles. The summed E-state index contributed by atoms with van der Waals surface area (Å²) in [5, 5.41) is 8.54. The zero-order chi connectivity index (χ0) is 10.6. The number of furan rings is 1. The van der Waals surface area contributed by atoms with Crippen molar-refractivity contribution in [1.82, 2.24) is 0 Å². The van der Waals surface area contributed by atoms with Crippen LogP contribution in [-0.4, -0.2) is 22.9 Å². The van der Waals surface area contributed by atoms with E-state index in [1.807, 2.05) is 13.0 Å². The van der Waals surface area contributed by atoms with E-state index < -0.39 is 12.0 Å². The first-order chi connectivity index (χ1) is 6.61. The Morgan fingerprint density at radius 2 is 2.50 bits per heavy atom. The lowest BCUT2D eigenvalue weighted by molar-refractivity contribution is -0.138. The molecule has 1 aromatic rings. The number of rotatable bonds is 5. The maximum atomic E-state index is 10.4. The van der Waals surface area contributed by atoms with Gasteiger partial charge in [-0.25, -0.2) is 0 Å². The highest BCUT2D eigenvalue weighted by atomic mass is 32.2. The summed E-state index contributed by atoms with van der Waals surface area (Å²) in [5.41, 5.74) is 5.36. The van der Waals surface area contributed by atoms with E-state index in [1.54, 1.807) is 18.0 Å². The summed E-state index contributed by atoms with van der Waals surface area (Å²) in [6.07, 6.45) is 2.08. The summed E-state index contributed by atoms with van der Waals surface area (Å²) in [4.78, 5) is 11.4. The molecular weight excluding hydrogens is 202 g/mol. The minimum atomic E-state index is -0.950. The van der Waals surface area contributed by atoms with E-state index in [0.29, 0.717) is 12.2 Å². The van der Waals surface area contributed by atoms with E-state index in [0.717, 1.165) is 10.7 Å². The number of carboxylic acid groups (broad SMARTS) is 1. The molecule has 0 spiro atoms. The molecule has 0 aliphatic heterocycles. The van der Waals surface area contributed by atoms with Gasteiger partial charge in [0.1, 0.15) is 11.8 Å². The maximum Gasteiger partial charge on any atom is 0.320 e. The first-order valence-corrected chi connectivity index (χ1v) is 5.25. The second-order valence-electron chi connectivity index (χ2n) is 2.92. The monoisotopic (exact) mass is 215 g/mol. The van der Waals surface area contributed by atoms with Crippen LogP contribution in [0.3, 0.4) is 0 Å². The number of carboxylic acids is 1. The van der Waals surface area contributed by atoms with Crippen LogP contribution < -0.4 is 5.73 Å². The Morgan fingerprint density at radius 1 is 1.79 bits per heavy atom. The van der Waals surface area contributed by atoms with Crippen molar-refractivity contribution in [3.05, 3.63) is 18.1 Å². The summed E-state index contributed by atoms with van der Waals surface area (Å²) >= 11 is 1.56. The van der Waals surface area contributed by atoms with E-state index >= 15 is 0 Å². The van der Waals surface area contributed by atoms with Gasteiger partial charge in [-0.3, -0.25) is 4.79 Å². The number of aliphatic carboxylic acids is 1. The third-order valence-corrected chi connectivity index (χ3v) is 2.99. The highest BCUT2D eigenvalue weighted by molar-refractivity contribution is 7.99. The second kappa shape index (κ2) is 5.07. The maximum absolute atomic E-state index is 10.4. The lowest BCUT2D eigenvalue weighted by atomic mass is 10.2. The van der Waals surface area contributed by atoms with Gasteiger partial charge in [-0.2, -0.15) is 0 Å². The second-order valence-corrected chi connectivity index (χ2v) is 4.06. The predicted molar refractivity (Wildman–Crippen MR) is 54.4 cm³/mol. The Balaban J connectivity index is 2.29. The summed E-state index contributed by atoms with van der Waals surface area (Å²) < 4.78 is 5.10. The van der Waals surface area contributed by atoms with Crippen LogP contribution in [0.15, 0.2) is 21.6 Å². The molecule has 3 N–H and O–H groups in total. The van der Waals surface area contributed by atoms with Crippen LogP contribution in [0.2, 0.25) is 0 Å². The minimum Gasteiger partial charge on any atom is -0.480 e. The molecule has 4 nitrogen and oxygen atoms in total. The van der Waals surface area contributed by atoms with E-state index in [-0.39, 0.29) is 0 Å². The highest BCUT2D eigenvalue weighted by Crippen LogP contribution is 2.23. The Bertz CT molecular complexity index is 311. The van der Waals surface area contributed by atoms with Crippen LogP contribution in [0.5, 0.6) is 0 Å². The Hall–Kier alpha value is -0.940. The standard InChI is InChI=1S/C9H13NO3S/c1-6-8(2-4-13-6)14-5-3-7(10)9(11)12/h2,4,7H,3,5,10H2,1H3,(H,11,12). The molecule has 1 heterocycles. The summed E-state index contributed by atoms with van der Waals surface area (Å²) in [6.45, 7) is 1.87. The zero-order valence-electron chi connectivity index (χ0n) is 7.90. The van der Waals surface area contributed by atoms with Crippen molar-refractivity contribution in [3.8, 4) is 0 Å². The number of carbonyl (C=O) groups is 1. The zero-order valence-corrected chi connectivity index (χ0v) is 8.71. The lowest BCUT2D eigenvalue weighted by Gasteiger charge is -2.04. The third-order valence-electron chi connectivity index (χ3n) is 1.81. The normalized spacial score (nSPS) is 12.7. The molecule has 0 saturated heterocycles. The number of nitrogens with two attached hydrogens (primary N) is 1. The van der Waals surface area contributed by atoms with Crippen LogP contribution in [0, 0.1) is 6.92 Å². The molecule has 1 rings (SSSR count). The quantitative estimate of drug-likeness (QED) is 0.727. The largest absolute Gasteiger partial charge is 0.480 e. The Labute approximate surface area is 86.5 Å². The third kappa shape index (κ3) is 3.08. The number of aryl methyl sites for hydroxylation is 1. The van der Waals surface area contributed by atoms with E-state index in [2.05, 4.69) is 0 Å². The molecule has 5 heteroatoms. The molecule has 0 bridgehead atoms. The molecule has 0 saturated carbocycles. The van der Waals surface area contributed by atoms with Gasteiger partial charge < -0.3 is 15.3 Å². The van der Waals surface area contributed by atoms with Crippen LogP contribution in [-0.2, 0) is 4.79 Å². The average molecular weight is 215 g/mol. The smallest absolute Gasteiger partial charge is 0.320 e. The van der Waals surface area contributed by atoms with Crippen molar-refractivity contribution in [2.24, 2.45) is 5.73 Å². The van der Waals surface area contributed by atoms with Crippen molar-refractivity contribution >= 4 is 17.7 Å². The van der Waals surface area contributed by atoms with Gasteiger partial charge in [0.2, 0.25) is 0 Å². The first kappa shape index (κ1) is 11.1. The molecule has 1 aromatic heterocycles. The van der Waals surface area contributed by atoms with Crippen LogP contribution in [0.4, 0.5) is 0 Å². The van der Waals surface area contributed by atoms with Crippen molar-refractivity contribution in [3.63, 3.8) is 0 Å². The molecule has 0 aliphatic rings. The molecule has 1 atom stereocenters. The molecule has 0 aromatic carbocycles. The van der Waals surface area contributed by atoms with Gasteiger partial charge in [0, 0.05) is 10.6 Å². The first-order valence-electron chi connectivity index (χ1n) is 4.26. The predicted octanol–water partition coefficient (Wildman–Crippen LogP) is 1.48. The van der Waals surface area contributed by atoms with E-state index in [4.69, 9.17) is 15.3 Å². The van der Waals surface area contributed by atoms with Gasteiger partial charge in [0.05, 0.1) is 6.26 Å². The average Bonchev–Trinajstić information content (AvgIpc) is 2.51. The van der Waals surface area contributed by atoms with Gasteiger partial charge in [-0.1, -0.05) is 0 Å². The van der Waals surface area contributed by atoms with Gasteiger partial charge >= 0.3 is 5.97 Å². The Kier molecular flexibility index (Phi) is 4.03. The molecular formula is C9H13NO3S. The van der Waals surface area contributed by atoms with Crippen molar-refractivity contribution < 1.29 is 14.3 Å². The van der Waals surface area contributed by atoms with Crippen LogP contribution in [0.1, 0.15) is 12.2 Å². The molecule has 0 radical (unpaired) electrons. The van der Waals surface area contributed by atoms with E-state index in [9.17, 15) is 4.79 Å². The van der Waals surface area contributed by atoms with Crippen molar-refractivity contribution in [2.45, 2.75) is 24.3 Å². The van der Waals surface area contributed by atoms with Gasteiger partial charge in [-0.15, -0.1) is 11.8 Å². The minimum absolute atomic E-state index is 0.463. The highest BCUT2D eigenvalue weighted by Gasteiger charge is 2.11. The summed E-state index contributed by atoms with van der Waals surface area (Å²) in [6, 6.07) is 1.10. The number of thioether (sulfide) groups is 1. The van der Waals surface area contributed by atoms with Gasteiger partial charge in [0.15, 0.2) is 0 Å². The molecule has 0 fully saturated rings. The number of hydrogen-bond donors (Lipinski definition) is 2. The van der Waals surface area contributed by atoms with Gasteiger partial charge in [-0.05, 0) is 19.4 Å². The molecule has 0 amide bonds. The fourth-order valence-electron chi connectivity index (χ4n) is 0.942. The molecule has 14 heavy (non-hydrogen) atoms. The topological polar surface area (TPSA) is 76.5 Å². The van der Waals surface area contributed by atoms with Crippen LogP contribution in [0.25, 0.3) is 0 Å².